The summed E-state index contributed by atoms with van der Waals surface area (Å²) in [6.45, 7) is 14.3. The highest BCUT2D eigenvalue weighted by Crippen LogP contribution is 2.22. The van der Waals surface area contributed by atoms with Crippen LogP contribution >= 0.6 is 0 Å². The van der Waals surface area contributed by atoms with E-state index in [-0.39, 0.29) is 29.9 Å². The van der Waals surface area contributed by atoms with Crippen molar-refractivity contribution < 1.29 is 19.1 Å². The van der Waals surface area contributed by atoms with Gasteiger partial charge in [0.2, 0.25) is 5.91 Å². The van der Waals surface area contributed by atoms with Crippen molar-refractivity contribution in [3.8, 4) is 0 Å². The Kier molecular flexibility index (Phi) is 9.17. The molecule has 2 atom stereocenters. The molecule has 38 heavy (non-hydrogen) atoms. The van der Waals surface area contributed by atoms with Crippen LogP contribution in [-0.2, 0) is 22.6 Å². The molecule has 0 saturated carbocycles. The van der Waals surface area contributed by atoms with E-state index in [1.54, 1.807) is 13.8 Å². The third-order valence-electron chi connectivity index (χ3n) is 7.50. The summed E-state index contributed by atoms with van der Waals surface area (Å²) in [7, 11) is 0. The van der Waals surface area contributed by atoms with Gasteiger partial charge in [-0.25, -0.2) is 4.79 Å². The van der Waals surface area contributed by atoms with Crippen LogP contribution in [0.4, 0.5) is 0 Å². The van der Waals surface area contributed by atoms with E-state index in [1.807, 2.05) is 52.3 Å². The molecule has 0 unspecified atom stereocenters. The van der Waals surface area contributed by atoms with E-state index >= 15 is 0 Å². The molecular weight excluding hydrogens is 480 g/mol. The molecule has 2 saturated heterocycles. The Bertz CT molecular complexity index is 1120. The number of hydrogen-bond donors (Lipinski definition) is 0. The lowest BCUT2D eigenvalue weighted by Gasteiger charge is -2.44. The fourth-order valence-corrected chi connectivity index (χ4v) is 5.61. The molecule has 2 aromatic carbocycles. The van der Waals surface area contributed by atoms with E-state index in [1.165, 1.54) is 0 Å². The second-order valence-corrected chi connectivity index (χ2v) is 10.5. The summed E-state index contributed by atoms with van der Waals surface area (Å²) >= 11 is 0. The lowest BCUT2D eigenvalue weighted by Crippen LogP contribution is -2.58. The number of hydrogen-bond acceptors (Lipinski definition) is 6. The molecule has 8 nitrogen and oxygen atoms in total. The number of carbonyl (C=O) groups is 3. The van der Waals surface area contributed by atoms with E-state index < -0.39 is 0 Å². The lowest BCUT2D eigenvalue weighted by molar-refractivity contribution is -0.130. The minimum Gasteiger partial charge on any atom is -0.462 e. The Balaban J connectivity index is 1.34. The number of ether oxygens (including phenoxy) is 1. The summed E-state index contributed by atoms with van der Waals surface area (Å²) in [5, 5.41) is 0. The molecule has 2 aromatic rings. The zero-order valence-corrected chi connectivity index (χ0v) is 23.1. The van der Waals surface area contributed by atoms with Crippen LogP contribution in [0, 0.1) is 0 Å². The van der Waals surface area contributed by atoms with E-state index in [0.717, 1.165) is 69.0 Å². The largest absolute Gasteiger partial charge is 0.462 e. The molecule has 2 aliphatic heterocycles. The van der Waals surface area contributed by atoms with Crippen LogP contribution in [0.2, 0.25) is 0 Å². The van der Waals surface area contributed by atoms with Gasteiger partial charge in [0.25, 0.3) is 5.91 Å². The first-order valence-electron chi connectivity index (χ1n) is 13.6. The maximum absolute atomic E-state index is 13.6. The molecule has 0 spiro atoms. The number of nitrogens with zero attached hydrogens (tertiary/aromatic N) is 4. The van der Waals surface area contributed by atoms with Gasteiger partial charge in [-0.05, 0) is 56.2 Å². The highest BCUT2D eigenvalue weighted by Gasteiger charge is 2.33. The van der Waals surface area contributed by atoms with Crippen LogP contribution in [0.3, 0.4) is 0 Å². The van der Waals surface area contributed by atoms with Gasteiger partial charge in [-0.15, -0.1) is 0 Å². The number of carbonyl (C=O) groups excluding carboxylic acids is 3. The fourth-order valence-electron chi connectivity index (χ4n) is 5.61. The van der Waals surface area contributed by atoms with Gasteiger partial charge >= 0.3 is 5.97 Å². The maximum atomic E-state index is 13.6. The zero-order valence-electron chi connectivity index (χ0n) is 23.1. The Morgan fingerprint density at radius 3 is 2.05 bits per heavy atom. The predicted molar refractivity (Wildman–Crippen MR) is 147 cm³/mol. The highest BCUT2D eigenvalue weighted by molar-refractivity contribution is 5.95. The standard InChI is InChI=1S/C30H40N4O4/c1-5-38-30(37)27-11-9-25(10-12-27)20-32-18-22(2)34(23(3)19-32)29(36)28-8-6-7-26(17-28)21-31-13-15-33(16-14-31)24(4)35/h6-12,17,22-23H,5,13-16,18-21H2,1-4H3/t22-,23+. The van der Waals surface area contributed by atoms with E-state index in [4.69, 9.17) is 4.74 Å². The van der Waals surface area contributed by atoms with E-state index in [0.29, 0.717) is 12.2 Å². The van der Waals surface area contributed by atoms with Gasteiger partial charge in [-0.3, -0.25) is 19.4 Å². The second kappa shape index (κ2) is 12.5. The normalized spacial score (nSPS) is 20.8. The summed E-state index contributed by atoms with van der Waals surface area (Å²) < 4.78 is 5.07. The molecule has 2 fully saturated rings. The van der Waals surface area contributed by atoms with Gasteiger partial charge < -0.3 is 14.5 Å². The molecule has 2 amide bonds. The monoisotopic (exact) mass is 520 g/mol. The van der Waals surface area contributed by atoms with Gasteiger partial charge in [-0.2, -0.15) is 0 Å². The maximum Gasteiger partial charge on any atom is 0.338 e. The first-order valence-corrected chi connectivity index (χ1v) is 13.6. The van der Waals surface area contributed by atoms with Crippen LogP contribution in [0.15, 0.2) is 48.5 Å². The van der Waals surface area contributed by atoms with Gasteiger partial charge in [0, 0.05) is 76.9 Å². The molecule has 4 rings (SSSR count). The van der Waals surface area contributed by atoms with Gasteiger partial charge in [-0.1, -0.05) is 24.3 Å². The molecule has 8 heteroatoms. The molecule has 0 radical (unpaired) electrons. The third kappa shape index (κ3) is 6.79. The van der Waals surface area contributed by atoms with Crippen molar-refractivity contribution >= 4 is 17.8 Å². The van der Waals surface area contributed by atoms with Crippen molar-refractivity contribution in [2.75, 3.05) is 45.9 Å². The first-order chi connectivity index (χ1) is 18.2. The smallest absolute Gasteiger partial charge is 0.338 e. The molecular formula is C30H40N4O4. The average molecular weight is 521 g/mol. The number of benzene rings is 2. The van der Waals surface area contributed by atoms with E-state index in [2.05, 4.69) is 29.7 Å². The highest BCUT2D eigenvalue weighted by atomic mass is 16.5. The van der Waals surface area contributed by atoms with Crippen LogP contribution < -0.4 is 0 Å². The van der Waals surface area contributed by atoms with Crippen LogP contribution in [0.5, 0.6) is 0 Å². The molecule has 0 aromatic heterocycles. The Morgan fingerprint density at radius 1 is 0.816 bits per heavy atom. The SMILES string of the molecule is CCOC(=O)c1ccc(CN2C[C@@H](C)N(C(=O)c3cccc(CN4CCN(C(C)=O)CC4)c3)[C@@H](C)C2)cc1. The average Bonchev–Trinajstić information content (AvgIpc) is 2.89. The van der Waals surface area contributed by atoms with E-state index in [9.17, 15) is 14.4 Å². The molecule has 204 valence electrons. The molecule has 0 N–H and O–H groups in total. The number of amides is 2. The van der Waals surface area contributed by atoms with Gasteiger partial charge in [0.05, 0.1) is 12.2 Å². The van der Waals surface area contributed by atoms with Gasteiger partial charge in [0.1, 0.15) is 0 Å². The summed E-state index contributed by atoms with van der Waals surface area (Å²) in [5.74, 6) is -0.0905. The van der Waals surface area contributed by atoms with Crippen molar-refractivity contribution in [1.82, 2.24) is 19.6 Å². The van der Waals surface area contributed by atoms with Crippen molar-refractivity contribution in [3.05, 3.63) is 70.8 Å². The van der Waals surface area contributed by atoms with Crippen LogP contribution in [-0.4, -0.2) is 95.3 Å². The third-order valence-corrected chi connectivity index (χ3v) is 7.50. The quantitative estimate of drug-likeness (QED) is 0.522. The molecule has 2 heterocycles. The summed E-state index contributed by atoms with van der Waals surface area (Å²) in [6.07, 6.45) is 0. The second-order valence-electron chi connectivity index (χ2n) is 10.5. The Labute approximate surface area is 226 Å². The Morgan fingerprint density at radius 2 is 1.45 bits per heavy atom. The van der Waals surface area contributed by atoms with Crippen molar-refractivity contribution in [2.45, 2.75) is 52.9 Å². The van der Waals surface area contributed by atoms with Gasteiger partial charge in [0.15, 0.2) is 0 Å². The first kappa shape index (κ1) is 27.8. The Hall–Kier alpha value is -3.23. The zero-order chi connectivity index (χ0) is 27.2. The topological polar surface area (TPSA) is 73.4 Å². The van der Waals surface area contributed by atoms with Crippen molar-refractivity contribution in [2.24, 2.45) is 0 Å². The van der Waals surface area contributed by atoms with Crippen molar-refractivity contribution in [3.63, 3.8) is 0 Å². The lowest BCUT2D eigenvalue weighted by atomic mass is 10.0. The summed E-state index contributed by atoms with van der Waals surface area (Å²) in [5.41, 5.74) is 3.55. The minimum atomic E-state index is -0.298. The summed E-state index contributed by atoms with van der Waals surface area (Å²) in [6, 6.07) is 15.7. The fraction of sp³-hybridized carbons (Fsp3) is 0.500. The molecule has 0 aliphatic carbocycles. The minimum absolute atomic E-state index is 0.0756. The number of esters is 1. The van der Waals surface area contributed by atoms with Crippen LogP contribution in [0.1, 0.15) is 59.5 Å². The predicted octanol–water partition coefficient (Wildman–Crippen LogP) is 3.26. The summed E-state index contributed by atoms with van der Waals surface area (Å²) in [4.78, 5) is 45.7. The van der Waals surface area contributed by atoms with Crippen LogP contribution in [0.25, 0.3) is 0 Å². The number of piperazine rings is 2. The molecule has 0 bridgehead atoms. The van der Waals surface area contributed by atoms with Crippen molar-refractivity contribution in [1.29, 1.82) is 0 Å². The molecule has 2 aliphatic rings. The number of rotatable bonds is 7.